The number of hydrogen-bond acceptors (Lipinski definition) is 4. The number of halogens is 6. The van der Waals surface area contributed by atoms with E-state index in [-0.39, 0.29) is 35.6 Å². The number of aromatic nitrogens is 1. The van der Waals surface area contributed by atoms with Crippen LogP contribution in [-0.2, 0) is 24.1 Å². The summed E-state index contributed by atoms with van der Waals surface area (Å²) in [4.78, 5) is 42.4. The van der Waals surface area contributed by atoms with E-state index in [1.54, 1.807) is 0 Å². The second-order valence-corrected chi connectivity index (χ2v) is 9.50. The topological polar surface area (TPSA) is 91.4 Å². The molecule has 0 radical (unpaired) electrons. The van der Waals surface area contributed by atoms with Gasteiger partial charge in [-0.15, -0.1) is 0 Å². The fourth-order valence-corrected chi connectivity index (χ4v) is 4.02. The highest BCUT2D eigenvalue weighted by atomic mass is 19.4. The monoisotopic (exact) mass is 564 g/mol. The molecule has 2 N–H and O–H groups in total. The third-order valence-corrected chi connectivity index (χ3v) is 6.07. The van der Waals surface area contributed by atoms with Gasteiger partial charge < -0.3 is 15.5 Å². The summed E-state index contributed by atoms with van der Waals surface area (Å²) in [5, 5.41) is 4.75. The first kappa shape index (κ1) is 28.6. The molecule has 0 unspecified atom stereocenters. The average molecular weight is 564 g/mol. The van der Waals surface area contributed by atoms with Gasteiger partial charge in [0, 0.05) is 29.7 Å². The van der Waals surface area contributed by atoms with Gasteiger partial charge in [-0.3, -0.25) is 19.4 Å². The van der Waals surface area contributed by atoms with Gasteiger partial charge in [0.15, 0.2) is 5.67 Å². The molecule has 210 valence electrons. The Balaban J connectivity index is 1.54. The lowest BCUT2D eigenvalue weighted by Gasteiger charge is -2.17. The van der Waals surface area contributed by atoms with Crippen LogP contribution in [0.4, 0.5) is 37.7 Å². The van der Waals surface area contributed by atoms with Crippen molar-refractivity contribution in [1.29, 1.82) is 0 Å². The van der Waals surface area contributed by atoms with E-state index in [2.05, 4.69) is 15.6 Å². The molecule has 1 aromatic heterocycles. The number of rotatable bonds is 7. The van der Waals surface area contributed by atoms with Gasteiger partial charge in [-0.1, -0.05) is 6.07 Å². The van der Waals surface area contributed by atoms with Crippen molar-refractivity contribution >= 4 is 29.1 Å². The zero-order chi connectivity index (χ0) is 29.4. The number of carbonyl (C=O) groups excluding carboxylic acids is 3. The third kappa shape index (κ3) is 6.08. The van der Waals surface area contributed by atoms with E-state index in [4.69, 9.17) is 0 Å². The quantitative estimate of drug-likeness (QED) is 0.354. The van der Waals surface area contributed by atoms with Crippen LogP contribution in [0.2, 0.25) is 0 Å². The smallest absolute Gasteiger partial charge is 0.349 e. The number of benzene rings is 2. The van der Waals surface area contributed by atoms with E-state index in [9.17, 15) is 40.7 Å². The Kier molecular flexibility index (Phi) is 7.59. The Hall–Kier alpha value is -4.42. The predicted octanol–water partition coefficient (Wildman–Crippen LogP) is 5.82. The van der Waals surface area contributed by atoms with Crippen LogP contribution in [0.1, 0.15) is 63.4 Å². The van der Waals surface area contributed by atoms with Gasteiger partial charge >= 0.3 is 6.18 Å². The molecule has 0 saturated carbocycles. The normalized spacial score (nSPS) is 13.4. The molecular formula is C27H22F6N4O3. The molecule has 3 amide bonds. The maximum absolute atomic E-state index is 13.7. The van der Waals surface area contributed by atoms with Crippen LogP contribution in [0.25, 0.3) is 0 Å². The largest absolute Gasteiger partial charge is 0.416 e. The Labute approximate surface area is 224 Å². The van der Waals surface area contributed by atoms with Gasteiger partial charge in [0.05, 0.1) is 17.7 Å². The highest BCUT2D eigenvalue weighted by Crippen LogP contribution is 2.35. The Morgan fingerprint density at radius 3 is 2.42 bits per heavy atom. The minimum absolute atomic E-state index is 0.0364. The van der Waals surface area contributed by atoms with E-state index in [1.807, 2.05) is 0 Å². The van der Waals surface area contributed by atoms with Crippen molar-refractivity contribution in [2.24, 2.45) is 0 Å². The van der Waals surface area contributed by atoms with Gasteiger partial charge in [-0.05, 0) is 67.4 Å². The van der Waals surface area contributed by atoms with Gasteiger partial charge in [0.2, 0.25) is 0 Å². The van der Waals surface area contributed by atoms with Gasteiger partial charge in [0.1, 0.15) is 5.69 Å². The summed E-state index contributed by atoms with van der Waals surface area (Å²) in [6.07, 6.45) is -6.66. The maximum atomic E-state index is 13.7. The lowest BCUT2D eigenvalue weighted by Crippen LogP contribution is -2.38. The molecule has 0 aliphatic carbocycles. The first-order valence-electron chi connectivity index (χ1n) is 11.8. The van der Waals surface area contributed by atoms with Crippen LogP contribution in [0, 0.1) is 0 Å². The van der Waals surface area contributed by atoms with E-state index >= 15 is 0 Å². The molecule has 13 heteroatoms. The highest BCUT2D eigenvalue weighted by Gasteiger charge is 2.34. The number of fused-ring (bicyclic) bond motifs is 1. The lowest BCUT2D eigenvalue weighted by molar-refractivity contribution is -0.137. The molecule has 0 fully saturated rings. The number of nitrogens with one attached hydrogen (secondary N) is 2. The molecular weight excluding hydrogens is 542 g/mol. The summed E-state index contributed by atoms with van der Waals surface area (Å²) < 4.78 is 80.3. The van der Waals surface area contributed by atoms with E-state index < -0.39 is 52.8 Å². The molecule has 2 heterocycles. The van der Waals surface area contributed by atoms with Crippen LogP contribution < -0.4 is 15.5 Å². The molecule has 1 aliphatic rings. The van der Waals surface area contributed by atoms with Crippen LogP contribution in [0.3, 0.4) is 0 Å². The maximum Gasteiger partial charge on any atom is 0.416 e. The summed E-state index contributed by atoms with van der Waals surface area (Å²) in [6, 6.07) is 9.54. The van der Waals surface area contributed by atoms with Crippen molar-refractivity contribution < 1.29 is 40.7 Å². The minimum atomic E-state index is -4.60. The van der Waals surface area contributed by atoms with Crippen molar-refractivity contribution in [1.82, 2.24) is 10.3 Å². The number of amides is 3. The Morgan fingerprint density at radius 2 is 1.77 bits per heavy atom. The molecule has 4 rings (SSSR count). The number of nitrogens with zero attached hydrogens (tertiary/aromatic N) is 2. The number of pyridine rings is 1. The molecule has 0 bridgehead atoms. The molecule has 0 spiro atoms. The van der Waals surface area contributed by atoms with Crippen LogP contribution in [0.15, 0.2) is 54.7 Å². The third-order valence-electron chi connectivity index (χ3n) is 6.07. The van der Waals surface area contributed by atoms with Crippen molar-refractivity contribution in [2.45, 2.75) is 45.2 Å². The lowest BCUT2D eigenvalue weighted by atomic mass is 10.1. The Morgan fingerprint density at radius 1 is 1.05 bits per heavy atom. The molecule has 2 aromatic carbocycles. The highest BCUT2D eigenvalue weighted by molar-refractivity contribution is 6.11. The molecule has 40 heavy (non-hydrogen) atoms. The summed E-state index contributed by atoms with van der Waals surface area (Å²) in [5.41, 5.74) is -3.44. The first-order chi connectivity index (χ1) is 18.6. The van der Waals surface area contributed by atoms with E-state index in [0.29, 0.717) is 5.56 Å². The average Bonchev–Trinajstić information content (AvgIpc) is 3.21. The summed E-state index contributed by atoms with van der Waals surface area (Å²) >= 11 is 0. The van der Waals surface area contributed by atoms with Crippen molar-refractivity contribution in [2.75, 3.05) is 10.2 Å². The molecule has 7 nitrogen and oxygen atoms in total. The van der Waals surface area contributed by atoms with E-state index in [0.717, 1.165) is 43.1 Å². The van der Waals surface area contributed by atoms with Crippen molar-refractivity contribution in [3.8, 4) is 0 Å². The minimum Gasteiger partial charge on any atom is -0.349 e. The standard InChI is InChI=1S/C27H22F6N4O3/c1-26(2,30)25(40)35-12-14-8-20(21(22(28)29)34-11-14)23(38)36-17-6-7-19-15(9-17)13-37(24(19)39)18-5-3-4-16(10-18)27(31,32)33/h3-11,22H,12-13H2,1-2H3,(H,35,40)(H,36,38). The number of alkyl halides is 6. The zero-order valence-corrected chi connectivity index (χ0v) is 21.1. The fraction of sp³-hybridized carbons (Fsp3) is 0.259. The van der Waals surface area contributed by atoms with Crippen LogP contribution in [0.5, 0.6) is 0 Å². The molecule has 3 aromatic rings. The molecule has 1 aliphatic heterocycles. The fourth-order valence-electron chi connectivity index (χ4n) is 4.02. The predicted molar refractivity (Wildman–Crippen MR) is 133 cm³/mol. The zero-order valence-electron chi connectivity index (χ0n) is 21.1. The van der Waals surface area contributed by atoms with Crippen molar-refractivity contribution in [3.63, 3.8) is 0 Å². The summed E-state index contributed by atoms with van der Waals surface area (Å²) in [6.45, 7) is 1.74. The number of hydrogen-bond donors (Lipinski definition) is 2. The summed E-state index contributed by atoms with van der Waals surface area (Å²) in [5.74, 6) is -2.44. The molecule has 0 saturated heterocycles. The SMILES string of the molecule is CC(C)(F)C(=O)NCc1cnc(C(F)F)c(C(=O)Nc2ccc3c(c2)CN(c2cccc(C(F)(F)F)c2)C3=O)c1. The van der Waals surface area contributed by atoms with Gasteiger partial charge in [-0.25, -0.2) is 13.2 Å². The van der Waals surface area contributed by atoms with Crippen LogP contribution in [-0.4, -0.2) is 28.4 Å². The number of carbonyl (C=O) groups is 3. The summed E-state index contributed by atoms with van der Waals surface area (Å²) in [7, 11) is 0. The van der Waals surface area contributed by atoms with Gasteiger partial charge in [0.25, 0.3) is 24.1 Å². The Bertz CT molecular complexity index is 1480. The first-order valence-corrected chi connectivity index (χ1v) is 11.8. The second kappa shape index (κ2) is 10.6. The second-order valence-electron chi connectivity index (χ2n) is 9.50. The van der Waals surface area contributed by atoms with Crippen LogP contribution >= 0.6 is 0 Å². The van der Waals surface area contributed by atoms with Crippen molar-refractivity contribution in [3.05, 3.63) is 88.2 Å². The van der Waals surface area contributed by atoms with Gasteiger partial charge in [-0.2, -0.15) is 13.2 Å². The molecule has 0 atom stereocenters. The number of anilines is 2. The van der Waals surface area contributed by atoms with E-state index in [1.165, 1.54) is 30.3 Å².